The summed E-state index contributed by atoms with van der Waals surface area (Å²) in [6.07, 6.45) is -1.24. The van der Waals surface area contributed by atoms with Gasteiger partial charge in [0.1, 0.15) is 17.9 Å². The van der Waals surface area contributed by atoms with E-state index in [9.17, 15) is 18.4 Å². The van der Waals surface area contributed by atoms with Crippen LogP contribution in [0.25, 0.3) is 10.6 Å². The molecule has 1 aliphatic heterocycles. The monoisotopic (exact) mass is 570 g/mol. The van der Waals surface area contributed by atoms with Gasteiger partial charge in [-0.3, -0.25) is 19.1 Å². The van der Waals surface area contributed by atoms with Crippen LogP contribution >= 0.6 is 22.9 Å². The molecule has 0 unspecified atom stereocenters. The van der Waals surface area contributed by atoms with Crippen LogP contribution in [0, 0.1) is 0 Å². The zero-order valence-corrected chi connectivity index (χ0v) is 22.8. The fraction of sp³-hybridized carbons (Fsp3) is 0.500. The van der Waals surface area contributed by atoms with E-state index in [1.165, 1.54) is 22.1 Å². The summed E-state index contributed by atoms with van der Waals surface area (Å²) >= 11 is 7.33. The second-order valence-corrected chi connectivity index (χ2v) is 10.9. The van der Waals surface area contributed by atoms with Crippen LogP contribution < -0.4 is 5.32 Å². The lowest BCUT2D eigenvalue weighted by Gasteiger charge is -2.34. The number of piperidine rings is 1. The van der Waals surface area contributed by atoms with Crippen molar-refractivity contribution in [2.75, 3.05) is 26.7 Å². The topological polar surface area (TPSA) is 106 Å². The van der Waals surface area contributed by atoms with Gasteiger partial charge in [0.25, 0.3) is 18.2 Å². The van der Waals surface area contributed by atoms with Crippen LogP contribution in [0.5, 0.6) is 0 Å². The van der Waals surface area contributed by atoms with E-state index in [-0.39, 0.29) is 24.0 Å². The van der Waals surface area contributed by atoms with Gasteiger partial charge in [-0.15, -0.1) is 11.3 Å². The Labute approximate surface area is 227 Å². The highest BCUT2D eigenvalue weighted by Gasteiger charge is 2.28. The lowest BCUT2D eigenvalue weighted by Crippen LogP contribution is -2.46. The zero-order valence-electron chi connectivity index (χ0n) is 21.2. The quantitative estimate of drug-likeness (QED) is 0.365. The van der Waals surface area contributed by atoms with Crippen LogP contribution in [-0.4, -0.2) is 82.0 Å². The summed E-state index contributed by atoms with van der Waals surface area (Å²) in [6.45, 7) is 5.05. The Bertz CT molecular complexity index is 1250. The average Bonchev–Trinajstić information content (AvgIpc) is 3.62. The predicted octanol–water partition coefficient (Wildman–Crippen LogP) is 4.17. The molecule has 1 fully saturated rings. The number of hydrogen-bond donors (Lipinski definition) is 1. The number of aromatic nitrogens is 3. The Hall–Kier alpha value is -2.87. The van der Waals surface area contributed by atoms with Crippen LogP contribution in [0.3, 0.4) is 0 Å². The molecule has 1 aliphatic rings. The number of nitrogens with zero attached hydrogens (tertiary/aromatic N) is 5. The maximum absolute atomic E-state index is 13.3. The van der Waals surface area contributed by atoms with Gasteiger partial charge in [0.05, 0.1) is 22.9 Å². The van der Waals surface area contributed by atoms with Crippen molar-refractivity contribution in [1.29, 1.82) is 0 Å². The number of hydrogen-bond acceptors (Lipinski definition) is 8. The standard InChI is InChI=1S/C24H29ClF2N6O4S/c1-14(2)31-8-6-15(7-9-31)28-23(34)18-11-17(24(35)33(36-3)13-22(26)27)29-32(18)12-16-10-19(37-30-16)20-4-5-21(25)38-20/h4-5,10-11,14-15,22H,6-9,12-13H2,1-3H3,(H,28,34). The molecule has 2 amide bonds. The Morgan fingerprint density at radius 3 is 2.63 bits per heavy atom. The molecule has 0 bridgehead atoms. The summed E-state index contributed by atoms with van der Waals surface area (Å²) in [5, 5.41) is 11.8. The van der Waals surface area contributed by atoms with Crippen LogP contribution in [0.4, 0.5) is 8.78 Å². The molecule has 0 aromatic carbocycles. The van der Waals surface area contributed by atoms with Crippen molar-refractivity contribution in [3.05, 3.63) is 45.7 Å². The molecule has 14 heteroatoms. The molecule has 0 radical (unpaired) electrons. The molecule has 1 saturated heterocycles. The fourth-order valence-electron chi connectivity index (χ4n) is 4.24. The van der Waals surface area contributed by atoms with Crippen molar-refractivity contribution in [2.45, 2.75) is 51.7 Å². The summed E-state index contributed by atoms with van der Waals surface area (Å²) in [7, 11) is 1.11. The molecule has 0 saturated carbocycles. The third kappa shape index (κ3) is 6.76. The highest BCUT2D eigenvalue weighted by molar-refractivity contribution is 7.19. The molecule has 3 aromatic heterocycles. The largest absolute Gasteiger partial charge is 0.355 e. The van der Waals surface area contributed by atoms with Crippen LogP contribution in [0.15, 0.2) is 28.8 Å². The van der Waals surface area contributed by atoms with Crippen molar-refractivity contribution in [2.24, 2.45) is 0 Å². The molecule has 4 heterocycles. The van der Waals surface area contributed by atoms with Gasteiger partial charge in [0.2, 0.25) is 0 Å². The van der Waals surface area contributed by atoms with Crippen molar-refractivity contribution in [3.63, 3.8) is 0 Å². The van der Waals surface area contributed by atoms with E-state index in [4.69, 9.17) is 21.0 Å². The highest BCUT2D eigenvalue weighted by atomic mass is 35.5. The average molecular weight is 571 g/mol. The van der Waals surface area contributed by atoms with Crippen LogP contribution in [-0.2, 0) is 11.4 Å². The molecule has 0 spiro atoms. The smallest absolute Gasteiger partial charge is 0.298 e. The van der Waals surface area contributed by atoms with E-state index in [0.29, 0.717) is 26.9 Å². The third-order valence-corrected chi connectivity index (χ3v) is 7.51. The molecular formula is C24H29ClF2N6O4S. The Morgan fingerprint density at radius 1 is 1.29 bits per heavy atom. The molecular weight excluding hydrogens is 542 g/mol. The molecule has 10 nitrogen and oxygen atoms in total. The first-order valence-electron chi connectivity index (χ1n) is 12.1. The maximum atomic E-state index is 13.3. The van der Waals surface area contributed by atoms with Crippen molar-refractivity contribution >= 4 is 34.8 Å². The van der Waals surface area contributed by atoms with E-state index in [0.717, 1.165) is 37.9 Å². The van der Waals surface area contributed by atoms with Gasteiger partial charge in [-0.2, -0.15) is 5.10 Å². The van der Waals surface area contributed by atoms with Crippen molar-refractivity contribution < 1.29 is 27.7 Å². The first-order valence-corrected chi connectivity index (χ1v) is 13.3. The number of rotatable bonds is 10. The number of hydroxylamine groups is 2. The van der Waals surface area contributed by atoms with Gasteiger partial charge in [0.15, 0.2) is 11.5 Å². The number of amides is 2. The molecule has 1 N–H and O–H groups in total. The van der Waals surface area contributed by atoms with Crippen molar-refractivity contribution in [1.82, 2.24) is 30.2 Å². The third-order valence-electron chi connectivity index (χ3n) is 6.26. The van der Waals surface area contributed by atoms with E-state index >= 15 is 0 Å². The number of thiophene rings is 1. The minimum Gasteiger partial charge on any atom is -0.355 e. The van der Waals surface area contributed by atoms with Gasteiger partial charge in [0, 0.05) is 37.3 Å². The summed E-state index contributed by atoms with van der Waals surface area (Å²) in [5.41, 5.74) is 0.333. The Kier molecular flexibility index (Phi) is 9.13. The zero-order chi connectivity index (χ0) is 27.4. The van der Waals surface area contributed by atoms with Crippen LogP contribution in [0.1, 0.15) is 53.4 Å². The van der Waals surface area contributed by atoms with Gasteiger partial charge in [-0.1, -0.05) is 16.8 Å². The second kappa shape index (κ2) is 12.3. The molecule has 0 atom stereocenters. The van der Waals surface area contributed by atoms with Gasteiger partial charge in [-0.05, 0) is 38.8 Å². The van der Waals surface area contributed by atoms with Crippen molar-refractivity contribution in [3.8, 4) is 10.6 Å². The summed E-state index contributed by atoms with van der Waals surface area (Å²) < 4.78 is 33.2. The molecule has 0 aliphatic carbocycles. The summed E-state index contributed by atoms with van der Waals surface area (Å²) in [6, 6.07) is 6.89. The van der Waals surface area contributed by atoms with E-state index in [2.05, 4.69) is 34.3 Å². The number of likely N-dealkylation sites (tertiary alicyclic amines) is 1. The van der Waals surface area contributed by atoms with E-state index < -0.39 is 24.8 Å². The van der Waals surface area contributed by atoms with Gasteiger partial charge < -0.3 is 14.7 Å². The highest BCUT2D eigenvalue weighted by Crippen LogP contribution is 2.31. The van der Waals surface area contributed by atoms with Crippen LogP contribution in [0.2, 0.25) is 4.34 Å². The number of alkyl halides is 2. The summed E-state index contributed by atoms with van der Waals surface area (Å²) in [4.78, 5) is 34.1. The number of carbonyl (C=O) groups excluding carboxylic acids is 2. The molecule has 3 aromatic rings. The first-order chi connectivity index (χ1) is 18.1. The number of nitrogens with one attached hydrogen (secondary N) is 1. The molecule has 4 rings (SSSR count). The lowest BCUT2D eigenvalue weighted by atomic mass is 10.0. The lowest BCUT2D eigenvalue weighted by molar-refractivity contribution is -0.118. The maximum Gasteiger partial charge on any atom is 0.298 e. The number of carbonyl (C=O) groups is 2. The minimum absolute atomic E-state index is 0.00621. The first kappa shape index (κ1) is 28.1. The van der Waals surface area contributed by atoms with Gasteiger partial charge in [-0.25, -0.2) is 13.8 Å². The molecule has 206 valence electrons. The fourth-order valence-corrected chi connectivity index (χ4v) is 5.23. The Balaban J connectivity index is 1.56. The molecule has 38 heavy (non-hydrogen) atoms. The van der Waals surface area contributed by atoms with E-state index in [1.54, 1.807) is 18.2 Å². The predicted molar refractivity (Wildman–Crippen MR) is 137 cm³/mol. The number of halogens is 3. The van der Waals surface area contributed by atoms with Gasteiger partial charge >= 0.3 is 0 Å². The van der Waals surface area contributed by atoms with E-state index in [1.807, 2.05) is 0 Å². The summed E-state index contributed by atoms with van der Waals surface area (Å²) in [5.74, 6) is -0.822. The Morgan fingerprint density at radius 2 is 2.03 bits per heavy atom. The normalized spacial score (nSPS) is 14.9. The second-order valence-electron chi connectivity index (χ2n) is 9.18. The minimum atomic E-state index is -2.81. The SMILES string of the molecule is CON(CC(F)F)C(=O)c1cc(C(=O)NC2CCN(C(C)C)CC2)n(Cc2cc(-c3ccc(Cl)s3)on2)n1.